The van der Waals surface area contributed by atoms with E-state index >= 15 is 0 Å². The SMILES string of the molecule is CN1CCN(C(=O)[C@@H](NC(=O)Nc2ccc(Cl)cc2)c2ccccc2)CC1. The molecular formula is C20H23ClN4O2. The lowest BCUT2D eigenvalue weighted by Gasteiger charge is -2.34. The predicted octanol–water partition coefficient (Wildman–Crippen LogP) is 2.98. The van der Waals surface area contributed by atoms with Gasteiger partial charge in [0.2, 0.25) is 5.91 Å². The highest BCUT2D eigenvalue weighted by atomic mass is 35.5. The van der Waals surface area contributed by atoms with Gasteiger partial charge in [-0.25, -0.2) is 4.79 Å². The molecule has 1 aliphatic rings. The number of piperazine rings is 1. The molecule has 142 valence electrons. The van der Waals surface area contributed by atoms with Crippen molar-refractivity contribution in [3.63, 3.8) is 0 Å². The quantitative estimate of drug-likeness (QED) is 0.849. The molecule has 0 spiro atoms. The van der Waals surface area contributed by atoms with Crippen LogP contribution in [-0.2, 0) is 4.79 Å². The first-order chi connectivity index (χ1) is 13.0. The van der Waals surface area contributed by atoms with E-state index in [9.17, 15) is 9.59 Å². The Morgan fingerprint density at radius 2 is 1.59 bits per heavy atom. The Balaban J connectivity index is 1.73. The number of carbonyl (C=O) groups is 2. The second-order valence-corrected chi connectivity index (χ2v) is 7.01. The van der Waals surface area contributed by atoms with Gasteiger partial charge in [0.25, 0.3) is 0 Å². The number of nitrogens with one attached hydrogen (secondary N) is 2. The Hall–Kier alpha value is -2.57. The zero-order valence-corrected chi connectivity index (χ0v) is 15.9. The molecule has 0 unspecified atom stereocenters. The van der Waals surface area contributed by atoms with Gasteiger partial charge < -0.3 is 20.4 Å². The van der Waals surface area contributed by atoms with Crippen molar-refractivity contribution >= 4 is 29.2 Å². The number of likely N-dealkylation sites (N-methyl/N-ethyl adjacent to an activating group) is 1. The number of rotatable bonds is 4. The fourth-order valence-electron chi connectivity index (χ4n) is 2.97. The van der Waals surface area contributed by atoms with E-state index in [-0.39, 0.29) is 5.91 Å². The summed E-state index contributed by atoms with van der Waals surface area (Å²) in [6.45, 7) is 2.95. The number of anilines is 1. The molecule has 1 heterocycles. The van der Waals surface area contributed by atoms with E-state index in [1.165, 1.54) is 0 Å². The van der Waals surface area contributed by atoms with E-state index in [0.717, 1.165) is 18.7 Å². The highest BCUT2D eigenvalue weighted by Gasteiger charge is 2.29. The molecule has 3 amide bonds. The van der Waals surface area contributed by atoms with Gasteiger partial charge in [0.15, 0.2) is 0 Å². The molecule has 0 radical (unpaired) electrons. The van der Waals surface area contributed by atoms with Crippen LogP contribution in [0.25, 0.3) is 0 Å². The molecule has 3 rings (SSSR count). The van der Waals surface area contributed by atoms with Crippen LogP contribution in [0.5, 0.6) is 0 Å². The predicted molar refractivity (Wildman–Crippen MR) is 107 cm³/mol. The van der Waals surface area contributed by atoms with Crippen LogP contribution in [0.3, 0.4) is 0 Å². The first kappa shape index (κ1) is 19.2. The second kappa shape index (κ2) is 8.88. The maximum Gasteiger partial charge on any atom is 0.320 e. The highest BCUT2D eigenvalue weighted by molar-refractivity contribution is 6.30. The summed E-state index contributed by atoms with van der Waals surface area (Å²) in [6.07, 6.45) is 0. The fourth-order valence-corrected chi connectivity index (χ4v) is 3.10. The first-order valence-corrected chi connectivity index (χ1v) is 9.26. The van der Waals surface area contributed by atoms with Gasteiger partial charge in [-0.1, -0.05) is 41.9 Å². The van der Waals surface area contributed by atoms with Crippen molar-refractivity contribution in [3.05, 3.63) is 65.2 Å². The Bertz CT molecular complexity index is 774. The lowest BCUT2D eigenvalue weighted by molar-refractivity contribution is -0.134. The largest absolute Gasteiger partial charge is 0.338 e. The molecule has 2 aromatic rings. The van der Waals surface area contributed by atoms with Crippen LogP contribution in [0.2, 0.25) is 5.02 Å². The zero-order valence-electron chi connectivity index (χ0n) is 15.2. The minimum absolute atomic E-state index is 0.0967. The molecule has 1 fully saturated rings. The number of hydrogen-bond donors (Lipinski definition) is 2. The molecule has 1 aliphatic heterocycles. The van der Waals surface area contributed by atoms with Crippen LogP contribution >= 0.6 is 11.6 Å². The minimum atomic E-state index is -0.734. The summed E-state index contributed by atoms with van der Waals surface area (Å²) in [7, 11) is 2.04. The van der Waals surface area contributed by atoms with Crippen molar-refractivity contribution in [2.75, 3.05) is 38.5 Å². The van der Waals surface area contributed by atoms with Crippen molar-refractivity contribution in [2.24, 2.45) is 0 Å². The summed E-state index contributed by atoms with van der Waals surface area (Å²) < 4.78 is 0. The summed E-state index contributed by atoms with van der Waals surface area (Å²) >= 11 is 5.87. The summed E-state index contributed by atoms with van der Waals surface area (Å²) in [5, 5.41) is 6.15. The van der Waals surface area contributed by atoms with Crippen molar-refractivity contribution in [2.45, 2.75) is 6.04 Å². The number of hydrogen-bond acceptors (Lipinski definition) is 3. The van der Waals surface area contributed by atoms with E-state index in [2.05, 4.69) is 15.5 Å². The summed E-state index contributed by atoms with van der Waals surface area (Å²) in [5.74, 6) is -0.0967. The lowest BCUT2D eigenvalue weighted by Crippen LogP contribution is -2.51. The van der Waals surface area contributed by atoms with E-state index in [1.807, 2.05) is 37.4 Å². The standard InChI is InChI=1S/C20H23ClN4O2/c1-24-11-13-25(14-12-24)19(26)18(15-5-3-2-4-6-15)23-20(27)22-17-9-7-16(21)8-10-17/h2-10,18H,11-14H2,1H3,(H2,22,23,27)/t18-/m0/s1. The van der Waals surface area contributed by atoms with Crippen LogP contribution in [-0.4, -0.2) is 55.0 Å². The minimum Gasteiger partial charge on any atom is -0.338 e. The van der Waals surface area contributed by atoms with Crippen LogP contribution in [0.15, 0.2) is 54.6 Å². The summed E-state index contributed by atoms with van der Waals surface area (Å²) in [4.78, 5) is 29.6. The van der Waals surface area contributed by atoms with Crippen LogP contribution in [0, 0.1) is 0 Å². The molecule has 6 nitrogen and oxygen atoms in total. The first-order valence-electron chi connectivity index (χ1n) is 8.88. The molecular weight excluding hydrogens is 364 g/mol. The molecule has 2 aromatic carbocycles. The fraction of sp³-hybridized carbons (Fsp3) is 0.300. The van der Waals surface area contributed by atoms with Gasteiger partial charge in [-0.2, -0.15) is 0 Å². The third kappa shape index (κ3) is 5.21. The van der Waals surface area contributed by atoms with Crippen molar-refractivity contribution < 1.29 is 9.59 Å². The van der Waals surface area contributed by atoms with Crippen LogP contribution in [0.4, 0.5) is 10.5 Å². The van der Waals surface area contributed by atoms with Gasteiger partial charge in [-0.15, -0.1) is 0 Å². The van der Waals surface area contributed by atoms with Crippen LogP contribution in [0.1, 0.15) is 11.6 Å². The third-order valence-electron chi connectivity index (χ3n) is 4.57. The average molecular weight is 387 g/mol. The van der Waals surface area contributed by atoms with Gasteiger partial charge in [0.05, 0.1) is 0 Å². The maximum atomic E-state index is 13.1. The Labute approximate surface area is 164 Å². The maximum absolute atomic E-state index is 13.1. The van der Waals surface area contributed by atoms with Gasteiger partial charge in [0.1, 0.15) is 6.04 Å². The van der Waals surface area contributed by atoms with Gasteiger partial charge in [0, 0.05) is 36.9 Å². The van der Waals surface area contributed by atoms with Crippen molar-refractivity contribution in [1.29, 1.82) is 0 Å². The molecule has 0 bridgehead atoms. The summed E-state index contributed by atoms with van der Waals surface area (Å²) in [5.41, 5.74) is 1.36. The Morgan fingerprint density at radius 3 is 2.22 bits per heavy atom. The normalized spacial score (nSPS) is 15.9. The highest BCUT2D eigenvalue weighted by Crippen LogP contribution is 2.18. The smallest absolute Gasteiger partial charge is 0.320 e. The number of nitrogens with zero attached hydrogens (tertiary/aromatic N) is 2. The van der Waals surface area contributed by atoms with E-state index in [0.29, 0.717) is 23.8 Å². The lowest BCUT2D eigenvalue weighted by atomic mass is 10.1. The second-order valence-electron chi connectivity index (χ2n) is 6.58. The molecule has 27 heavy (non-hydrogen) atoms. The molecule has 1 atom stereocenters. The van der Waals surface area contributed by atoms with Gasteiger partial charge >= 0.3 is 6.03 Å². The zero-order chi connectivity index (χ0) is 19.2. The number of halogens is 1. The van der Waals surface area contributed by atoms with E-state index in [1.54, 1.807) is 29.2 Å². The van der Waals surface area contributed by atoms with Crippen molar-refractivity contribution in [3.8, 4) is 0 Å². The molecule has 7 heteroatoms. The van der Waals surface area contributed by atoms with E-state index < -0.39 is 12.1 Å². The third-order valence-corrected chi connectivity index (χ3v) is 4.82. The average Bonchev–Trinajstić information content (AvgIpc) is 2.69. The Kier molecular flexibility index (Phi) is 6.32. The topological polar surface area (TPSA) is 64.7 Å². The van der Waals surface area contributed by atoms with Gasteiger partial charge in [-0.05, 0) is 36.9 Å². The number of carbonyl (C=O) groups excluding carboxylic acids is 2. The Morgan fingerprint density at radius 1 is 0.963 bits per heavy atom. The molecule has 0 aromatic heterocycles. The monoisotopic (exact) mass is 386 g/mol. The molecule has 0 aliphatic carbocycles. The number of urea groups is 1. The number of amides is 3. The number of benzene rings is 2. The van der Waals surface area contributed by atoms with Crippen molar-refractivity contribution in [1.82, 2.24) is 15.1 Å². The van der Waals surface area contributed by atoms with E-state index in [4.69, 9.17) is 11.6 Å². The molecule has 0 saturated carbocycles. The molecule has 2 N–H and O–H groups in total. The summed E-state index contributed by atoms with van der Waals surface area (Å²) in [6, 6.07) is 14.9. The van der Waals surface area contributed by atoms with Gasteiger partial charge in [-0.3, -0.25) is 4.79 Å². The molecule has 1 saturated heterocycles. The van der Waals surface area contributed by atoms with Crippen LogP contribution < -0.4 is 10.6 Å².